The van der Waals surface area contributed by atoms with Crippen molar-refractivity contribution in [3.05, 3.63) is 65.5 Å². The summed E-state index contributed by atoms with van der Waals surface area (Å²) in [6, 6.07) is 12.7. The number of hydrogen-bond acceptors (Lipinski definition) is 5. The van der Waals surface area contributed by atoms with Crippen LogP contribution in [-0.4, -0.2) is 41.9 Å². The maximum Gasteiger partial charge on any atom is 0.336 e. The maximum atomic E-state index is 13.3. The van der Waals surface area contributed by atoms with Crippen molar-refractivity contribution >= 4 is 5.97 Å². The molecule has 0 aliphatic heterocycles. The second kappa shape index (κ2) is 9.42. The van der Waals surface area contributed by atoms with E-state index in [1.807, 2.05) is 0 Å². The lowest BCUT2D eigenvalue weighted by Gasteiger charge is -2.11. The number of methoxy groups -OCH3 is 2. The molecule has 0 fully saturated rings. The lowest BCUT2D eigenvalue weighted by molar-refractivity contribution is -0.0389. The van der Waals surface area contributed by atoms with Crippen LogP contribution in [0.2, 0.25) is 0 Å². The molecule has 0 amide bonds. The first-order valence-electron chi connectivity index (χ1n) is 8.80. The first-order valence-corrected chi connectivity index (χ1v) is 8.80. The number of nitrogens with zero attached hydrogens (tertiary/aromatic N) is 2. The van der Waals surface area contributed by atoms with Gasteiger partial charge in [-0.3, -0.25) is 0 Å². The van der Waals surface area contributed by atoms with Gasteiger partial charge >= 0.3 is 5.97 Å². The third kappa shape index (κ3) is 4.68. The SMILES string of the molecule is COCOCc1cccc(C(=O)O)c1-c1cc(-c2ccc(F)cc2)n(COC)n1. The minimum atomic E-state index is -1.07. The Bertz CT molecular complexity index is 985. The highest BCUT2D eigenvalue weighted by Gasteiger charge is 2.20. The summed E-state index contributed by atoms with van der Waals surface area (Å²) < 4.78 is 30.5. The van der Waals surface area contributed by atoms with Crippen LogP contribution in [0, 0.1) is 5.82 Å². The van der Waals surface area contributed by atoms with Crippen LogP contribution in [0.15, 0.2) is 48.5 Å². The summed E-state index contributed by atoms with van der Waals surface area (Å²) in [6.07, 6.45) is 0. The van der Waals surface area contributed by atoms with Gasteiger partial charge in [0.1, 0.15) is 19.3 Å². The number of carbonyl (C=O) groups is 1. The lowest BCUT2D eigenvalue weighted by Crippen LogP contribution is -2.07. The van der Waals surface area contributed by atoms with E-state index < -0.39 is 5.97 Å². The van der Waals surface area contributed by atoms with E-state index in [4.69, 9.17) is 14.2 Å². The molecule has 0 unspecified atom stereocenters. The van der Waals surface area contributed by atoms with Crippen molar-refractivity contribution in [2.75, 3.05) is 21.0 Å². The Morgan fingerprint density at radius 2 is 1.90 bits per heavy atom. The molecule has 0 spiro atoms. The van der Waals surface area contributed by atoms with Gasteiger partial charge in [0.25, 0.3) is 0 Å². The first kappa shape index (κ1) is 20.7. The molecule has 0 aliphatic rings. The fraction of sp³-hybridized carbons (Fsp3) is 0.238. The van der Waals surface area contributed by atoms with E-state index >= 15 is 0 Å². The number of carboxylic acid groups (broad SMARTS) is 1. The van der Waals surface area contributed by atoms with E-state index in [0.29, 0.717) is 22.5 Å². The molecule has 0 aliphatic carbocycles. The molecule has 1 aromatic heterocycles. The molecule has 3 aromatic rings. The van der Waals surface area contributed by atoms with Crippen molar-refractivity contribution in [2.45, 2.75) is 13.3 Å². The smallest absolute Gasteiger partial charge is 0.336 e. The molecule has 0 saturated heterocycles. The predicted molar refractivity (Wildman–Crippen MR) is 104 cm³/mol. The summed E-state index contributed by atoms with van der Waals surface area (Å²) in [6.45, 7) is 0.389. The van der Waals surface area contributed by atoms with Crippen molar-refractivity contribution < 1.29 is 28.5 Å². The summed E-state index contributed by atoms with van der Waals surface area (Å²) in [5.41, 5.74) is 3.08. The van der Waals surface area contributed by atoms with Crippen LogP contribution in [-0.2, 0) is 27.5 Å². The van der Waals surface area contributed by atoms with Crippen LogP contribution in [0.4, 0.5) is 4.39 Å². The second-order valence-electron chi connectivity index (χ2n) is 6.24. The monoisotopic (exact) mass is 400 g/mol. The lowest BCUT2D eigenvalue weighted by atomic mass is 9.98. The van der Waals surface area contributed by atoms with Crippen LogP contribution >= 0.6 is 0 Å². The third-order valence-electron chi connectivity index (χ3n) is 4.27. The van der Waals surface area contributed by atoms with Gasteiger partial charge in [-0.15, -0.1) is 0 Å². The molecule has 2 aromatic carbocycles. The zero-order valence-electron chi connectivity index (χ0n) is 16.1. The highest BCUT2D eigenvalue weighted by Crippen LogP contribution is 2.32. The Morgan fingerprint density at radius 3 is 2.55 bits per heavy atom. The molecule has 0 saturated carbocycles. The Labute approximate surface area is 167 Å². The molecular formula is C21H21FN2O5. The van der Waals surface area contributed by atoms with Gasteiger partial charge in [-0.2, -0.15) is 5.10 Å². The second-order valence-corrected chi connectivity index (χ2v) is 6.24. The minimum Gasteiger partial charge on any atom is -0.478 e. The first-order chi connectivity index (χ1) is 14.0. The van der Waals surface area contributed by atoms with Crippen molar-refractivity contribution in [1.29, 1.82) is 0 Å². The number of halogens is 1. The van der Waals surface area contributed by atoms with Gasteiger partial charge in [0.05, 0.1) is 23.6 Å². The highest BCUT2D eigenvalue weighted by atomic mass is 19.1. The predicted octanol–water partition coefficient (Wildman–Crippen LogP) is 3.78. The standard InChI is InChI=1S/C21H21FN2O5/c1-27-12-24-19(14-6-8-16(22)9-7-14)10-18(23-24)20-15(11-29-13-28-2)4-3-5-17(20)21(25)26/h3-10H,11-13H2,1-2H3,(H,25,26). The number of carboxylic acids is 1. The topological polar surface area (TPSA) is 82.8 Å². The van der Waals surface area contributed by atoms with E-state index in [1.165, 1.54) is 32.4 Å². The normalized spacial score (nSPS) is 11.0. The van der Waals surface area contributed by atoms with Crippen molar-refractivity contribution in [3.63, 3.8) is 0 Å². The molecule has 152 valence electrons. The molecule has 8 heteroatoms. The summed E-state index contributed by atoms with van der Waals surface area (Å²) in [5, 5.41) is 14.2. The molecule has 7 nitrogen and oxygen atoms in total. The molecule has 0 radical (unpaired) electrons. The Hall–Kier alpha value is -3.07. The fourth-order valence-corrected chi connectivity index (χ4v) is 3.05. The number of benzene rings is 2. The number of aromatic nitrogens is 2. The van der Waals surface area contributed by atoms with Crippen LogP contribution in [0.25, 0.3) is 22.5 Å². The van der Waals surface area contributed by atoms with E-state index in [-0.39, 0.29) is 31.5 Å². The zero-order valence-corrected chi connectivity index (χ0v) is 16.1. The Morgan fingerprint density at radius 1 is 1.14 bits per heavy atom. The average molecular weight is 400 g/mol. The van der Waals surface area contributed by atoms with Crippen LogP contribution in [0.3, 0.4) is 0 Å². The summed E-state index contributed by atoms with van der Waals surface area (Å²) in [7, 11) is 3.04. The van der Waals surface area contributed by atoms with Crippen LogP contribution in [0.5, 0.6) is 0 Å². The molecule has 1 N–H and O–H groups in total. The van der Waals surface area contributed by atoms with E-state index in [1.54, 1.807) is 35.0 Å². The zero-order chi connectivity index (χ0) is 20.8. The van der Waals surface area contributed by atoms with Gasteiger partial charge in [0.15, 0.2) is 0 Å². The minimum absolute atomic E-state index is 0.0791. The van der Waals surface area contributed by atoms with Crippen LogP contribution in [0.1, 0.15) is 15.9 Å². The fourth-order valence-electron chi connectivity index (χ4n) is 3.05. The van der Waals surface area contributed by atoms with E-state index in [2.05, 4.69) is 5.10 Å². The summed E-state index contributed by atoms with van der Waals surface area (Å²) in [4.78, 5) is 11.8. The molecule has 3 rings (SSSR count). The number of ether oxygens (including phenoxy) is 3. The Balaban J connectivity index is 2.13. The number of rotatable bonds is 9. The van der Waals surface area contributed by atoms with Crippen molar-refractivity contribution in [3.8, 4) is 22.5 Å². The third-order valence-corrected chi connectivity index (χ3v) is 4.27. The van der Waals surface area contributed by atoms with Crippen molar-refractivity contribution in [2.24, 2.45) is 0 Å². The number of hydrogen-bond donors (Lipinski definition) is 1. The molecule has 1 heterocycles. The highest BCUT2D eigenvalue weighted by molar-refractivity contribution is 5.96. The largest absolute Gasteiger partial charge is 0.478 e. The Kier molecular flexibility index (Phi) is 6.71. The van der Waals surface area contributed by atoms with Crippen LogP contribution < -0.4 is 0 Å². The van der Waals surface area contributed by atoms with Gasteiger partial charge in [0.2, 0.25) is 0 Å². The van der Waals surface area contributed by atoms with Gasteiger partial charge < -0.3 is 19.3 Å². The van der Waals surface area contributed by atoms with E-state index in [0.717, 1.165) is 5.56 Å². The van der Waals surface area contributed by atoms with Crippen molar-refractivity contribution in [1.82, 2.24) is 9.78 Å². The molecule has 0 atom stereocenters. The van der Waals surface area contributed by atoms with Gasteiger partial charge in [-0.1, -0.05) is 12.1 Å². The van der Waals surface area contributed by atoms with Gasteiger partial charge in [-0.25, -0.2) is 13.9 Å². The maximum absolute atomic E-state index is 13.3. The van der Waals surface area contributed by atoms with E-state index in [9.17, 15) is 14.3 Å². The summed E-state index contributed by atoms with van der Waals surface area (Å²) >= 11 is 0. The number of aromatic carboxylic acids is 1. The molecular weight excluding hydrogens is 379 g/mol. The average Bonchev–Trinajstić information content (AvgIpc) is 3.12. The molecule has 0 bridgehead atoms. The van der Waals surface area contributed by atoms with Gasteiger partial charge in [0, 0.05) is 25.3 Å². The molecule has 29 heavy (non-hydrogen) atoms. The quantitative estimate of drug-likeness (QED) is 0.435. The van der Waals surface area contributed by atoms with Gasteiger partial charge in [-0.05, 0) is 42.0 Å². The summed E-state index contributed by atoms with van der Waals surface area (Å²) in [5.74, 6) is -1.42.